The summed E-state index contributed by atoms with van der Waals surface area (Å²) in [5.74, 6) is 0.635. The van der Waals surface area contributed by atoms with Crippen molar-refractivity contribution in [3.05, 3.63) is 47.5 Å². The van der Waals surface area contributed by atoms with Crippen LogP contribution in [-0.2, 0) is 17.8 Å². The lowest BCUT2D eigenvalue weighted by Gasteiger charge is -2.17. The number of carbonyl (C=O) groups is 1. The van der Waals surface area contributed by atoms with E-state index in [-0.39, 0.29) is 5.97 Å². The lowest BCUT2D eigenvalue weighted by atomic mass is 10.2. The Hall–Kier alpha value is -3.59. The molecule has 33 heavy (non-hydrogen) atoms. The summed E-state index contributed by atoms with van der Waals surface area (Å²) in [7, 11) is 3.49. The van der Waals surface area contributed by atoms with Gasteiger partial charge in [-0.1, -0.05) is 6.07 Å². The van der Waals surface area contributed by atoms with Gasteiger partial charge in [0.2, 0.25) is 11.9 Å². The van der Waals surface area contributed by atoms with Crippen molar-refractivity contribution in [1.82, 2.24) is 24.0 Å². The highest BCUT2D eigenvalue weighted by atomic mass is 16.5. The first kappa shape index (κ1) is 22.6. The molecular weight excluding hydrogens is 418 g/mol. The number of hydrogen-bond acceptors (Lipinski definition) is 7. The smallest absolute Gasteiger partial charge is 0.337 e. The molecule has 4 aromatic rings. The fourth-order valence-electron chi connectivity index (χ4n) is 4.23. The minimum atomic E-state index is -0.382. The number of rotatable bonds is 9. The van der Waals surface area contributed by atoms with Crippen LogP contribution in [-0.4, -0.2) is 57.2 Å². The summed E-state index contributed by atoms with van der Waals surface area (Å²) in [5, 5.41) is 0. The Balaban J connectivity index is 1.30. The van der Waals surface area contributed by atoms with Gasteiger partial charge in [0.05, 0.1) is 34.7 Å². The lowest BCUT2D eigenvalue weighted by molar-refractivity contribution is 0.0601. The predicted octanol–water partition coefficient (Wildman–Crippen LogP) is 3.06. The van der Waals surface area contributed by atoms with Crippen molar-refractivity contribution in [1.29, 1.82) is 0 Å². The van der Waals surface area contributed by atoms with Crippen LogP contribution in [0, 0.1) is 6.92 Å². The fourth-order valence-corrected chi connectivity index (χ4v) is 4.23. The molecule has 4 rings (SSSR count). The van der Waals surface area contributed by atoms with Crippen LogP contribution >= 0.6 is 0 Å². The third kappa shape index (κ3) is 4.78. The summed E-state index contributed by atoms with van der Waals surface area (Å²) in [6, 6.07) is 11.6. The third-order valence-electron chi connectivity index (χ3n) is 5.98. The minimum absolute atomic E-state index is 0.382. The van der Waals surface area contributed by atoms with Gasteiger partial charge in [-0.05, 0) is 75.8 Å². The van der Waals surface area contributed by atoms with E-state index in [0.29, 0.717) is 23.0 Å². The van der Waals surface area contributed by atoms with E-state index >= 15 is 0 Å². The average Bonchev–Trinajstić information content (AvgIpc) is 3.27. The summed E-state index contributed by atoms with van der Waals surface area (Å²) in [6.07, 6.45) is 1.91. The highest BCUT2D eigenvalue weighted by molar-refractivity contribution is 5.94. The number of aryl methyl sites for hydroxylation is 3. The highest BCUT2D eigenvalue weighted by Crippen LogP contribution is 2.21. The first-order valence-electron chi connectivity index (χ1n) is 11.1. The van der Waals surface area contributed by atoms with Gasteiger partial charge in [0.1, 0.15) is 0 Å². The number of methoxy groups -OCH3 is 1. The van der Waals surface area contributed by atoms with Gasteiger partial charge in [0, 0.05) is 13.1 Å². The molecule has 0 spiro atoms. The molecule has 9 nitrogen and oxygen atoms in total. The lowest BCUT2D eigenvalue weighted by Crippen LogP contribution is -2.23. The molecule has 9 heteroatoms. The van der Waals surface area contributed by atoms with Gasteiger partial charge < -0.3 is 30.2 Å². The number of hydrogen-bond donors (Lipinski definition) is 2. The van der Waals surface area contributed by atoms with Gasteiger partial charge in [0.25, 0.3) is 0 Å². The van der Waals surface area contributed by atoms with Gasteiger partial charge in [-0.3, -0.25) is 0 Å². The summed E-state index contributed by atoms with van der Waals surface area (Å²) in [6.45, 7) is 5.52. The second kappa shape index (κ2) is 9.50. The second-order valence-corrected chi connectivity index (χ2v) is 8.44. The average molecular weight is 450 g/mol. The Kier molecular flexibility index (Phi) is 6.50. The Labute approximate surface area is 192 Å². The zero-order valence-electron chi connectivity index (χ0n) is 19.4. The molecule has 2 aromatic carbocycles. The monoisotopic (exact) mass is 449 g/mol. The number of nitrogens with two attached hydrogens (primary N) is 2. The molecule has 0 bridgehead atoms. The molecule has 4 N–H and O–H groups in total. The minimum Gasteiger partial charge on any atom is -0.465 e. The highest BCUT2D eigenvalue weighted by Gasteiger charge is 2.13. The molecule has 0 unspecified atom stereocenters. The molecule has 2 heterocycles. The summed E-state index contributed by atoms with van der Waals surface area (Å²) in [4.78, 5) is 22.9. The summed E-state index contributed by atoms with van der Waals surface area (Å²) in [5.41, 5.74) is 17.6. The van der Waals surface area contributed by atoms with Crippen LogP contribution in [0.4, 0.5) is 11.9 Å². The van der Waals surface area contributed by atoms with Crippen LogP contribution in [0.2, 0.25) is 0 Å². The standard InChI is InChI=1S/C24H31N7O2/c1-16-6-8-20-18(14-16)27-23(25)30(20)12-4-10-29(2)11-5-13-31-21-9-7-17(22(32)33-3)15-19(21)28-24(31)26/h6-9,14-15H,4-5,10-13H2,1-3H3,(H2,25,27)(H2,26,28). The van der Waals surface area contributed by atoms with Crippen LogP contribution < -0.4 is 11.5 Å². The zero-order chi connectivity index (χ0) is 23.5. The SMILES string of the molecule is COC(=O)c1ccc2c(c1)nc(N)n2CCCN(C)CCCn1c(N)nc2cc(C)ccc21. The number of carbonyl (C=O) groups excluding carboxylic acids is 1. The van der Waals surface area contributed by atoms with Crippen molar-refractivity contribution in [3.63, 3.8) is 0 Å². The van der Waals surface area contributed by atoms with Crippen LogP contribution in [0.1, 0.15) is 28.8 Å². The van der Waals surface area contributed by atoms with Crippen molar-refractivity contribution >= 4 is 39.9 Å². The quantitative estimate of drug-likeness (QED) is 0.377. The first-order chi connectivity index (χ1) is 15.9. The largest absolute Gasteiger partial charge is 0.465 e. The number of benzene rings is 2. The van der Waals surface area contributed by atoms with Gasteiger partial charge in [-0.2, -0.15) is 0 Å². The van der Waals surface area contributed by atoms with Crippen molar-refractivity contribution in [2.45, 2.75) is 32.9 Å². The maximum Gasteiger partial charge on any atom is 0.337 e. The molecule has 0 amide bonds. The summed E-state index contributed by atoms with van der Waals surface area (Å²) >= 11 is 0. The number of ether oxygens (including phenoxy) is 1. The number of esters is 1. The zero-order valence-corrected chi connectivity index (χ0v) is 19.4. The van der Waals surface area contributed by atoms with E-state index in [4.69, 9.17) is 16.2 Å². The Morgan fingerprint density at radius 3 is 2.06 bits per heavy atom. The predicted molar refractivity (Wildman–Crippen MR) is 131 cm³/mol. The number of anilines is 2. The van der Waals surface area contributed by atoms with Gasteiger partial charge in [0.15, 0.2) is 0 Å². The Morgan fingerprint density at radius 2 is 1.48 bits per heavy atom. The van der Waals surface area contributed by atoms with E-state index in [1.54, 1.807) is 12.1 Å². The molecule has 2 aromatic heterocycles. The van der Waals surface area contributed by atoms with Crippen LogP contribution in [0.3, 0.4) is 0 Å². The first-order valence-corrected chi connectivity index (χ1v) is 11.1. The van der Waals surface area contributed by atoms with E-state index in [2.05, 4.69) is 51.6 Å². The number of nitrogens with zero attached hydrogens (tertiary/aromatic N) is 5. The maximum absolute atomic E-state index is 11.7. The third-order valence-corrected chi connectivity index (χ3v) is 5.98. The van der Waals surface area contributed by atoms with E-state index in [1.165, 1.54) is 12.7 Å². The van der Waals surface area contributed by atoms with Crippen molar-refractivity contribution in [2.24, 2.45) is 0 Å². The van der Waals surface area contributed by atoms with Crippen LogP contribution in [0.15, 0.2) is 36.4 Å². The van der Waals surface area contributed by atoms with Crippen molar-refractivity contribution in [3.8, 4) is 0 Å². The van der Waals surface area contributed by atoms with Crippen LogP contribution in [0.5, 0.6) is 0 Å². The molecular formula is C24H31N7O2. The number of imidazole rings is 2. The van der Waals surface area contributed by atoms with Gasteiger partial charge in [-0.15, -0.1) is 0 Å². The normalized spacial score (nSPS) is 11.6. The molecule has 0 atom stereocenters. The topological polar surface area (TPSA) is 117 Å². The number of fused-ring (bicyclic) bond motifs is 2. The number of aromatic nitrogens is 4. The second-order valence-electron chi connectivity index (χ2n) is 8.44. The molecule has 0 fully saturated rings. The van der Waals surface area contributed by atoms with Gasteiger partial charge in [-0.25, -0.2) is 14.8 Å². The molecule has 0 aliphatic carbocycles. The molecule has 174 valence electrons. The molecule has 0 aliphatic rings. The molecule has 0 radical (unpaired) electrons. The summed E-state index contributed by atoms with van der Waals surface area (Å²) < 4.78 is 8.86. The Morgan fingerprint density at radius 1 is 0.939 bits per heavy atom. The fraction of sp³-hybridized carbons (Fsp3) is 0.375. The van der Waals surface area contributed by atoms with E-state index in [1.807, 2.05) is 10.6 Å². The van der Waals surface area contributed by atoms with E-state index in [9.17, 15) is 4.79 Å². The Bertz CT molecular complexity index is 1290. The molecule has 0 saturated carbocycles. The maximum atomic E-state index is 11.7. The van der Waals surface area contributed by atoms with Crippen molar-refractivity contribution < 1.29 is 9.53 Å². The van der Waals surface area contributed by atoms with Crippen LogP contribution in [0.25, 0.3) is 22.1 Å². The van der Waals surface area contributed by atoms with Gasteiger partial charge >= 0.3 is 5.97 Å². The van der Waals surface area contributed by atoms with E-state index < -0.39 is 0 Å². The van der Waals surface area contributed by atoms with Crippen molar-refractivity contribution in [2.75, 3.05) is 38.7 Å². The number of nitrogen functional groups attached to an aromatic ring is 2. The molecule has 0 saturated heterocycles. The van der Waals surface area contributed by atoms with E-state index in [0.717, 1.165) is 55.6 Å². The molecule has 0 aliphatic heterocycles.